The van der Waals surface area contributed by atoms with Crippen molar-refractivity contribution in [3.8, 4) is 0 Å². The summed E-state index contributed by atoms with van der Waals surface area (Å²) >= 11 is 0. The number of amides is 1. The van der Waals surface area contributed by atoms with Crippen molar-refractivity contribution >= 4 is 5.91 Å². The summed E-state index contributed by atoms with van der Waals surface area (Å²) in [4.78, 5) is 16.4. The molecule has 0 aliphatic carbocycles. The third kappa shape index (κ3) is 4.56. The van der Waals surface area contributed by atoms with Gasteiger partial charge in [-0.15, -0.1) is 0 Å². The van der Waals surface area contributed by atoms with Gasteiger partial charge >= 0.3 is 6.18 Å². The van der Waals surface area contributed by atoms with Crippen LogP contribution in [0.3, 0.4) is 0 Å². The molecule has 1 unspecified atom stereocenters. The number of rotatable bonds is 5. The first-order valence-electron chi connectivity index (χ1n) is 6.95. The van der Waals surface area contributed by atoms with Gasteiger partial charge in [0.1, 0.15) is 0 Å². The minimum absolute atomic E-state index is 0.0726. The largest absolute Gasteiger partial charge is 0.416 e. The van der Waals surface area contributed by atoms with Crippen molar-refractivity contribution in [3.63, 3.8) is 0 Å². The fourth-order valence-corrected chi connectivity index (χ4v) is 2.36. The summed E-state index contributed by atoms with van der Waals surface area (Å²) in [6.45, 7) is 0. The molecule has 0 aliphatic heterocycles. The number of hydroxylamine groups is 1. The highest BCUT2D eigenvalue weighted by molar-refractivity contribution is 5.76. The molecule has 1 amide bonds. The lowest BCUT2D eigenvalue weighted by Crippen LogP contribution is -2.24. The van der Waals surface area contributed by atoms with Crippen molar-refractivity contribution in [2.45, 2.75) is 18.5 Å². The molecule has 2 aromatic rings. The fraction of sp³-hybridized carbons (Fsp3) is 0.235. The van der Waals surface area contributed by atoms with Gasteiger partial charge in [0.05, 0.1) is 12.7 Å². The smallest absolute Gasteiger partial charge is 0.277 e. The molecule has 1 atom stereocenters. The van der Waals surface area contributed by atoms with E-state index < -0.39 is 11.7 Å². The molecule has 0 heterocycles. The zero-order valence-electron chi connectivity index (χ0n) is 12.4. The number of hydrogen-bond acceptors (Lipinski definition) is 2. The summed E-state index contributed by atoms with van der Waals surface area (Å²) in [6, 6.07) is 14.0. The van der Waals surface area contributed by atoms with E-state index in [0.717, 1.165) is 17.7 Å². The van der Waals surface area contributed by atoms with Gasteiger partial charge in [0.15, 0.2) is 0 Å². The summed E-state index contributed by atoms with van der Waals surface area (Å²) in [5.74, 6) is -0.699. The Kier molecular flexibility index (Phi) is 5.39. The van der Waals surface area contributed by atoms with Crippen molar-refractivity contribution in [3.05, 3.63) is 71.3 Å². The topological polar surface area (TPSA) is 38.3 Å². The van der Waals surface area contributed by atoms with Crippen LogP contribution in [0.15, 0.2) is 54.6 Å². The fourth-order valence-electron chi connectivity index (χ4n) is 2.36. The zero-order chi connectivity index (χ0) is 16.9. The Bertz CT molecular complexity index is 639. The predicted molar refractivity (Wildman–Crippen MR) is 79.5 cm³/mol. The zero-order valence-corrected chi connectivity index (χ0v) is 12.4. The number of halogens is 3. The van der Waals surface area contributed by atoms with Crippen molar-refractivity contribution in [1.29, 1.82) is 0 Å². The van der Waals surface area contributed by atoms with E-state index in [-0.39, 0.29) is 18.2 Å². The van der Waals surface area contributed by atoms with Gasteiger partial charge < -0.3 is 0 Å². The van der Waals surface area contributed by atoms with Crippen molar-refractivity contribution in [1.82, 2.24) is 5.48 Å². The van der Waals surface area contributed by atoms with Crippen molar-refractivity contribution < 1.29 is 22.8 Å². The Morgan fingerprint density at radius 2 is 1.61 bits per heavy atom. The second kappa shape index (κ2) is 7.28. The molecule has 3 nitrogen and oxygen atoms in total. The molecule has 6 heteroatoms. The lowest BCUT2D eigenvalue weighted by molar-refractivity contribution is -0.137. The maximum atomic E-state index is 12.7. The first-order valence-corrected chi connectivity index (χ1v) is 6.95. The molecule has 2 aromatic carbocycles. The summed E-state index contributed by atoms with van der Waals surface area (Å²) in [6.07, 6.45) is -4.31. The molecular weight excluding hydrogens is 307 g/mol. The third-order valence-corrected chi connectivity index (χ3v) is 3.45. The molecule has 0 radical (unpaired) electrons. The van der Waals surface area contributed by atoms with E-state index in [2.05, 4.69) is 10.3 Å². The quantitative estimate of drug-likeness (QED) is 0.847. The first-order chi connectivity index (χ1) is 10.9. The highest BCUT2D eigenvalue weighted by Crippen LogP contribution is 2.32. The van der Waals surface area contributed by atoms with Crippen LogP contribution in [0.25, 0.3) is 0 Å². The Hall–Kier alpha value is -2.34. The monoisotopic (exact) mass is 323 g/mol. The molecule has 0 bridgehead atoms. The molecule has 0 spiro atoms. The van der Waals surface area contributed by atoms with Crippen LogP contribution in [0.5, 0.6) is 0 Å². The number of hydrogen-bond donors (Lipinski definition) is 1. The van der Waals surface area contributed by atoms with Gasteiger partial charge in [-0.25, -0.2) is 5.48 Å². The predicted octanol–water partition coefficient (Wildman–Crippen LogP) is 3.91. The van der Waals surface area contributed by atoms with E-state index in [1.807, 2.05) is 30.3 Å². The van der Waals surface area contributed by atoms with Crippen LogP contribution < -0.4 is 5.48 Å². The van der Waals surface area contributed by atoms with Gasteiger partial charge in [0, 0.05) is 12.3 Å². The average Bonchev–Trinajstić information content (AvgIpc) is 2.53. The van der Waals surface area contributed by atoms with Gasteiger partial charge in [-0.1, -0.05) is 42.5 Å². The number of nitrogens with one attached hydrogen (secondary N) is 1. The van der Waals surface area contributed by atoms with Gasteiger partial charge in [-0.05, 0) is 23.3 Å². The lowest BCUT2D eigenvalue weighted by Gasteiger charge is -2.18. The SMILES string of the molecule is CONC(=O)CC(c1ccccc1)c1ccc(C(F)(F)F)cc1. The van der Waals surface area contributed by atoms with E-state index in [1.54, 1.807) is 0 Å². The summed E-state index contributed by atoms with van der Waals surface area (Å²) in [7, 11) is 1.33. The lowest BCUT2D eigenvalue weighted by atomic mass is 9.88. The normalized spacial score (nSPS) is 12.7. The maximum Gasteiger partial charge on any atom is 0.416 e. The molecular formula is C17H16F3NO2. The Balaban J connectivity index is 2.32. The molecule has 0 aromatic heterocycles. The first kappa shape index (κ1) is 17.0. The van der Waals surface area contributed by atoms with Crippen LogP contribution in [0.2, 0.25) is 0 Å². The molecule has 122 valence electrons. The number of carbonyl (C=O) groups is 1. The van der Waals surface area contributed by atoms with Gasteiger partial charge in [-0.3, -0.25) is 9.63 Å². The standard InChI is InChI=1S/C17H16F3NO2/c1-23-21-16(22)11-15(12-5-3-2-4-6-12)13-7-9-14(10-8-13)17(18,19)20/h2-10,15H,11H2,1H3,(H,21,22). The Morgan fingerprint density at radius 3 is 2.13 bits per heavy atom. The highest BCUT2D eigenvalue weighted by atomic mass is 19.4. The van der Waals surface area contributed by atoms with Crippen molar-refractivity contribution in [2.75, 3.05) is 7.11 Å². The number of carbonyl (C=O) groups excluding carboxylic acids is 1. The van der Waals surface area contributed by atoms with E-state index in [9.17, 15) is 18.0 Å². The van der Waals surface area contributed by atoms with Crippen molar-refractivity contribution in [2.24, 2.45) is 0 Å². The Morgan fingerprint density at radius 1 is 1.04 bits per heavy atom. The van der Waals surface area contributed by atoms with Crippen LogP contribution in [-0.2, 0) is 15.8 Å². The van der Waals surface area contributed by atoms with Crippen LogP contribution in [-0.4, -0.2) is 13.0 Å². The highest BCUT2D eigenvalue weighted by Gasteiger charge is 2.30. The Labute approximate surface area is 132 Å². The van der Waals surface area contributed by atoms with Gasteiger partial charge in [0.25, 0.3) is 0 Å². The summed E-state index contributed by atoms with van der Waals surface area (Å²) in [5, 5.41) is 0. The van der Waals surface area contributed by atoms with E-state index in [4.69, 9.17) is 0 Å². The average molecular weight is 323 g/mol. The van der Waals surface area contributed by atoms with E-state index in [1.165, 1.54) is 19.2 Å². The summed E-state index contributed by atoms with van der Waals surface area (Å²) < 4.78 is 38.0. The minimum Gasteiger partial charge on any atom is -0.277 e. The van der Waals surface area contributed by atoms with Crippen LogP contribution in [0.1, 0.15) is 29.0 Å². The molecule has 1 N–H and O–H groups in total. The minimum atomic E-state index is -4.38. The van der Waals surface area contributed by atoms with E-state index in [0.29, 0.717) is 5.56 Å². The summed E-state index contributed by atoms with van der Waals surface area (Å²) in [5.41, 5.74) is 3.00. The second-order valence-electron chi connectivity index (χ2n) is 5.02. The molecule has 0 saturated carbocycles. The molecule has 2 rings (SSSR count). The number of benzene rings is 2. The van der Waals surface area contributed by atoms with Gasteiger partial charge in [0.2, 0.25) is 5.91 Å². The van der Waals surface area contributed by atoms with Crippen LogP contribution in [0.4, 0.5) is 13.2 Å². The second-order valence-corrected chi connectivity index (χ2v) is 5.02. The maximum absolute atomic E-state index is 12.7. The number of alkyl halides is 3. The molecule has 0 saturated heterocycles. The van der Waals surface area contributed by atoms with Crippen LogP contribution in [0, 0.1) is 0 Å². The molecule has 23 heavy (non-hydrogen) atoms. The van der Waals surface area contributed by atoms with Crippen LogP contribution >= 0.6 is 0 Å². The molecule has 0 aliphatic rings. The molecule has 0 fully saturated rings. The third-order valence-electron chi connectivity index (χ3n) is 3.45. The van der Waals surface area contributed by atoms with Gasteiger partial charge in [-0.2, -0.15) is 13.2 Å². The van der Waals surface area contributed by atoms with E-state index >= 15 is 0 Å².